The first kappa shape index (κ1) is 14.8. The normalized spacial score (nSPS) is 12.2. The summed E-state index contributed by atoms with van der Waals surface area (Å²) in [6, 6.07) is 2.30. The van der Waals surface area contributed by atoms with Crippen LogP contribution in [0.15, 0.2) is 12.3 Å². The molecule has 1 unspecified atom stereocenters. The Morgan fingerprint density at radius 2 is 2.28 bits per heavy atom. The lowest BCUT2D eigenvalue weighted by atomic mass is 10.1. The first-order chi connectivity index (χ1) is 8.52. The second-order valence-electron chi connectivity index (χ2n) is 4.37. The fourth-order valence-electron chi connectivity index (χ4n) is 2.01. The third-order valence-corrected chi connectivity index (χ3v) is 3.84. The number of rotatable bonds is 6. The van der Waals surface area contributed by atoms with Gasteiger partial charge in [-0.05, 0) is 31.2 Å². The molecule has 100 valence electrons. The number of hydrogen-bond acceptors (Lipinski definition) is 4. The molecule has 0 saturated carbocycles. The third kappa shape index (κ3) is 3.16. The van der Waals surface area contributed by atoms with Gasteiger partial charge in [0.1, 0.15) is 11.7 Å². The van der Waals surface area contributed by atoms with Gasteiger partial charge in [0.2, 0.25) is 0 Å². The molecule has 0 saturated heterocycles. The molecular weight excluding hydrogens is 244 g/mol. The highest BCUT2D eigenvalue weighted by atomic mass is 32.2. The van der Waals surface area contributed by atoms with E-state index in [2.05, 4.69) is 23.1 Å². The molecule has 0 fully saturated rings. The van der Waals surface area contributed by atoms with E-state index in [1.54, 1.807) is 6.20 Å². The summed E-state index contributed by atoms with van der Waals surface area (Å²) in [7, 11) is 2.03. The molecular formula is C13H22N4S. The SMILES string of the molecule is CCC(CSC)N(C)c1nccc(C)c1C(=N)N. The van der Waals surface area contributed by atoms with E-state index in [4.69, 9.17) is 11.1 Å². The summed E-state index contributed by atoms with van der Waals surface area (Å²) < 4.78 is 0. The topological polar surface area (TPSA) is 66.0 Å². The standard InChI is InChI=1S/C13H22N4S/c1-5-10(8-18-4)17(3)13-11(12(14)15)9(2)6-7-16-13/h6-7,10H,5,8H2,1-4H3,(H3,14,15). The van der Waals surface area contributed by atoms with Crippen LogP contribution in [0, 0.1) is 12.3 Å². The van der Waals surface area contributed by atoms with Gasteiger partial charge in [-0.2, -0.15) is 11.8 Å². The predicted molar refractivity (Wildman–Crippen MR) is 80.9 cm³/mol. The Balaban J connectivity index is 3.15. The van der Waals surface area contributed by atoms with Crippen LogP contribution in [0.4, 0.5) is 5.82 Å². The van der Waals surface area contributed by atoms with E-state index in [9.17, 15) is 0 Å². The number of nitrogens with two attached hydrogens (primary N) is 1. The number of nitrogen functional groups attached to an aromatic ring is 1. The molecule has 1 aromatic heterocycles. The van der Waals surface area contributed by atoms with Crippen molar-refractivity contribution in [2.45, 2.75) is 26.3 Å². The average molecular weight is 266 g/mol. The van der Waals surface area contributed by atoms with Crippen molar-refractivity contribution in [3.63, 3.8) is 0 Å². The van der Waals surface area contributed by atoms with Gasteiger partial charge in [-0.3, -0.25) is 5.41 Å². The molecule has 5 heteroatoms. The molecule has 3 N–H and O–H groups in total. The molecule has 1 aromatic rings. The fraction of sp³-hybridized carbons (Fsp3) is 0.538. The number of pyridine rings is 1. The molecule has 0 radical (unpaired) electrons. The maximum atomic E-state index is 7.72. The zero-order valence-corrected chi connectivity index (χ0v) is 12.3. The lowest BCUT2D eigenvalue weighted by molar-refractivity contribution is 0.665. The van der Waals surface area contributed by atoms with E-state index >= 15 is 0 Å². The highest BCUT2D eigenvalue weighted by molar-refractivity contribution is 7.98. The van der Waals surface area contributed by atoms with Gasteiger partial charge in [0.15, 0.2) is 0 Å². The van der Waals surface area contributed by atoms with Gasteiger partial charge in [0.25, 0.3) is 0 Å². The Labute approximate surface area is 113 Å². The van der Waals surface area contributed by atoms with Crippen LogP contribution in [0.2, 0.25) is 0 Å². The number of nitrogens with one attached hydrogen (secondary N) is 1. The molecule has 1 atom stereocenters. The number of hydrogen-bond donors (Lipinski definition) is 2. The fourth-order valence-corrected chi connectivity index (χ4v) is 2.86. The number of aromatic nitrogens is 1. The lowest BCUT2D eigenvalue weighted by Crippen LogP contribution is -2.35. The Hall–Kier alpha value is -1.23. The second kappa shape index (κ2) is 6.64. The smallest absolute Gasteiger partial charge is 0.139 e. The summed E-state index contributed by atoms with van der Waals surface area (Å²) in [4.78, 5) is 6.55. The Kier molecular flexibility index (Phi) is 5.47. The maximum Gasteiger partial charge on any atom is 0.139 e. The lowest BCUT2D eigenvalue weighted by Gasteiger charge is -2.29. The summed E-state index contributed by atoms with van der Waals surface area (Å²) in [5.74, 6) is 1.94. The van der Waals surface area contributed by atoms with Crippen LogP contribution in [0.3, 0.4) is 0 Å². The summed E-state index contributed by atoms with van der Waals surface area (Å²) in [5, 5.41) is 7.72. The molecule has 0 spiro atoms. The third-order valence-electron chi connectivity index (χ3n) is 3.12. The predicted octanol–water partition coefficient (Wildman–Crippen LogP) is 2.25. The van der Waals surface area contributed by atoms with Gasteiger partial charge >= 0.3 is 0 Å². The average Bonchev–Trinajstić information content (AvgIpc) is 2.34. The van der Waals surface area contributed by atoms with Crippen LogP contribution in [-0.4, -0.2) is 35.9 Å². The molecule has 0 aliphatic carbocycles. The summed E-state index contributed by atoms with van der Waals surface area (Å²) in [6.45, 7) is 4.13. The van der Waals surface area contributed by atoms with Crippen molar-refractivity contribution >= 4 is 23.4 Å². The second-order valence-corrected chi connectivity index (χ2v) is 5.28. The van der Waals surface area contributed by atoms with Gasteiger partial charge in [0, 0.05) is 25.0 Å². The van der Waals surface area contributed by atoms with Crippen LogP contribution in [0.25, 0.3) is 0 Å². The Morgan fingerprint density at radius 1 is 1.61 bits per heavy atom. The van der Waals surface area contributed by atoms with Crippen molar-refractivity contribution in [3.05, 3.63) is 23.4 Å². The number of thioether (sulfide) groups is 1. The maximum absolute atomic E-state index is 7.72. The van der Waals surface area contributed by atoms with E-state index in [0.717, 1.165) is 29.1 Å². The van der Waals surface area contributed by atoms with Crippen molar-refractivity contribution in [1.82, 2.24) is 4.98 Å². The molecule has 0 aromatic carbocycles. The number of anilines is 1. The molecule has 0 amide bonds. The highest BCUT2D eigenvalue weighted by Gasteiger charge is 2.19. The summed E-state index contributed by atoms with van der Waals surface area (Å²) in [6.07, 6.45) is 4.93. The number of nitrogens with zero attached hydrogens (tertiary/aromatic N) is 2. The molecule has 0 bridgehead atoms. The van der Waals surface area contributed by atoms with E-state index in [0.29, 0.717) is 6.04 Å². The van der Waals surface area contributed by atoms with Crippen molar-refractivity contribution < 1.29 is 0 Å². The molecule has 0 aliphatic rings. The zero-order chi connectivity index (χ0) is 13.7. The van der Waals surface area contributed by atoms with Crippen molar-refractivity contribution in [2.75, 3.05) is 24.0 Å². The van der Waals surface area contributed by atoms with E-state index in [1.807, 2.05) is 31.8 Å². The Morgan fingerprint density at radius 3 is 2.78 bits per heavy atom. The van der Waals surface area contributed by atoms with E-state index < -0.39 is 0 Å². The van der Waals surface area contributed by atoms with E-state index in [1.165, 1.54) is 0 Å². The largest absolute Gasteiger partial charge is 0.384 e. The van der Waals surface area contributed by atoms with Gasteiger partial charge in [-0.25, -0.2) is 4.98 Å². The minimum absolute atomic E-state index is 0.0847. The van der Waals surface area contributed by atoms with Gasteiger partial charge in [-0.1, -0.05) is 6.92 Å². The van der Waals surface area contributed by atoms with Crippen molar-refractivity contribution in [1.29, 1.82) is 5.41 Å². The van der Waals surface area contributed by atoms with Gasteiger partial charge in [0.05, 0.1) is 5.56 Å². The van der Waals surface area contributed by atoms with Gasteiger partial charge < -0.3 is 10.6 Å². The minimum atomic E-state index is 0.0847. The summed E-state index contributed by atoms with van der Waals surface area (Å²) >= 11 is 1.82. The van der Waals surface area contributed by atoms with Crippen LogP contribution in [0.1, 0.15) is 24.5 Å². The molecule has 18 heavy (non-hydrogen) atoms. The van der Waals surface area contributed by atoms with Crippen LogP contribution in [-0.2, 0) is 0 Å². The van der Waals surface area contributed by atoms with Crippen LogP contribution >= 0.6 is 11.8 Å². The van der Waals surface area contributed by atoms with E-state index in [-0.39, 0.29) is 5.84 Å². The molecule has 0 aliphatic heterocycles. The zero-order valence-electron chi connectivity index (χ0n) is 11.5. The number of aryl methyl sites for hydroxylation is 1. The van der Waals surface area contributed by atoms with Crippen LogP contribution in [0.5, 0.6) is 0 Å². The monoisotopic (exact) mass is 266 g/mol. The van der Waals surface area contributed by atoms with Crippen molar-refractivity contribution in [2.24, 2.45) is 5.73 Å². The molecule has 1 heterocycles. The first-order valence-electron chi connectivity index (χ1n) is 6.04. The minimum Gasteiger partial charge on any atom is -0.384 e. The number of amidine groups is 1. The van der Waals surface area contributed by atoms with Gasteiger partial charge in [-0.15, -0.1) is 0 Å². The molecule has 1 rings (SSSR count). The quantitative estimate of drug-likeness (QED) is 0.612. The van der Waals surface area contributed by atoms with Crippen molar-refractivity contribution in [3.8, 4) is 0 Å². The first-order valence-corrected chi connectivity index (χ1v) is 7.44. The van der Waals surface area contributed by atoms with Crippen LogP contribution < -0.4 is 10.6 Å². The highest BCUT2D eigenvalue weighted by Crippen LogP contribution is 2.23. The molecule has 4 nitrogen and oxygen atoms in total. The summed E-state index contributed by atoms with van der Waals surface area (Å²) in [5.41, 5.74) is 7.43. The Bertz CT molecular complexity index is 419.